The summed E-state index contributed by atoms with van der Waals surface area (Å²) in [5.41, 5.74) is 10.9. The van der Waals surface area contributed by atoms with Gasteiger partial charge in [0, 0.05) is 81.6 Å². The Labute approximate surface area is 417 Å². The molecule has 16 nitrogen and oxygen atoms in total. The molecule has 4 aliphatic heterocycles. The molecular weight excluding hydrogens is 901 g/mol. The number of hydrogen-bond acceptors (Lipinski definition) is 11. The van der Waals surface area contributed by atoms with Crippen molar-refractivity contribution in [2.75, 3.05) is 54.0 Å². The van der Waals surface area contributed by atoms with E-state index in [1.54, 1.807) is 21.0 Å². The minimum atomic E-state index is -1.90. The smallest absolute Gasteiger partial charge is 0.324 e. The number of esters is 1. The lowest BCUT2D eigenvalue weighted by Gasteiger charge is -2.37. The first-order chi connectivity index (χ1) is 33.8. The number of hydrazine groups is 1. The molecule has 0 aliphatic carbocycles. The minimum Gasteiger partial charge on any atom is -0.464 e. The van der Waals surface area contributed by atoms with Crippen LogP contribution in [0.1, 0.15) is 95.0 Å². The molecule has 4 aromatic rings. The van der Waals surface area contributed by atoms with E-state index in [1.807, 2.05) is 31.2 Å². The van der Waals surface area contributed by atoms with E-state index in [1.165, 1.54) is 27.4 Å². The van der Waals surface area contributed by atoms with Crippen molar-refractivity contribution in [3.63, 3.8) is 0 Å². The third kappa shape index (κ3) is 10.4. The number of carbonyl (C=O) groups is 5. The Kier molecular flexibility index (Phi) is 15.0. The molecule has 4 aliphatic rings. The van der Waals surface area contributed by atoms with E-state index in [9.17, 15) is 29.1 Å². The predicted octanol–water partition coefficient (Wildman–Crippen LogP) is 5.37. The molecule has 2 fully saturated rings. The van der Waals surface area contributed by atoms with Gasteiger partial charge < -0.3 is 39.2 Å². The summed E-state index contributed by atoms with van der Waals surface area (Å²) in [6.07, 6.45) is 3.38. The standard InChI is InChI=1S/C55H72N8O8/c1-11-46(64)61-24-21-55(69,31-61)53(68)60(9)48(33(3)4)50(65)57-43-26-35-15-13-16-36(25-35)37-18-19-45-39(27-37)41(29-54(6,7)32-71-52(67)42-17-14-22-63(58-42)51(43)66)49(62(45)12-2)40-28-38-20-23-59(8)30-44(38)56-47(40)34(5)70-10/h11,13,15-16,18-19,25,27-28,33-34,42-43,48,58,69H,1,12,14,17,20-24,26,29-32H2,2-10H3,(H,57,65)/t34-,42-,43-,48-,55?/m0/s1. The van der Waals surface area contributed by atoms with Gasteiger partial charge in [-0.3, -0.25) is 34.0 Å². The van der Waals surface area contributed by atoms with Crippen LogP contribution in [0.5, 0.6) is 0 Å². The van der Waals surface area contributed by atoms with E-state index in [0.717, 1.165) is 81.4 Å². The fraction of sp³-hybridized carbons (Fsp3) is 0.527. The number of nitrogens with zero attached hydrogens (tertiary/aromatic N) is 6. The number of cyclic esters (lactones) is 1. The highest BCUT2D eigenvalue weighted by Crippen LogP contribution is 2.43. The van der Waals surface area contributed by atoms with Crippen LogP contribution in [0.15, 0.2) is 61.2 Å². The van der Waals surface area contributed by atoms with Crippen LogP contribution in [0.4, 0.5) is 0 Å². The Morgan fingerprint density at radius 2 is 1.85 bits per heavy atom. The highest BCUT2D eigenvalue weighted by molar-refractivity contribution is 5.97. The summed E-state index contributed by atoms with van der Waals surface area (Å²) in [7, 11) is 5.30. The first-order valence-electron chi connectivity index (χ1n) is 25.2. The average Bonchev–Trinajstić information content (AvgIpc) is 3.91. The Morgan fingerprint density at radius 3 is 2.56 bits per heavy atom. The van der Waals surface area contributed by atoms with E-state index in [2.05, 4.69) is 78.9 Å². The van der Waals surface area contributed by atoms with Crippen LogP contribution >= 0.6 is 0 Å². The number of aliphatic hydroxyl groups is 1. The second-order valence-corrected chi connectivity index (χ2v) is 21.3. The zero-order valence-electron chi connectivity index (χ0n) is 43.0. The van der Waals surface area contributed by atoms with Gasteiger partial charge >= 0.3 is 5.97 Å². The van der Waals surface area contributed by atoms with Gasteiger partial charge in [-0.25, -0.2) is 5.43 Å². The normalized spacial score (nSPS) is 22.6. The molecule has 4 amide bonds. The van der Waals surface area contributed by atoms with Crippen molar-refractivity contribution < 1.29 is 38.6 Å². The van der Waals surface area contributed by atoms with Crippen LogP contribution < -0.4 is 10.7 Å². The number of β-amino-alcohol motifs (C(OH)–C–C–N with tert-alkyl or cyclic N) is 1. The summed E-state index contributed by atoms with van der Waals surface area (Å²) >= 11 is 0. The SMILES string of the molecule is C=CC(=O)N1CCC(O)(C(=O)N(C)[C@H](C(=O)N[C@H]2Cc3cccc(c3)-c3ccc4c(c3)c(c(-c3cc5c(nc3[C@H](C)OC)CN(C)CC5)n4CC)CC(C)(C)COC(=O)[C@@H]3CCCN(N3)C2=O)C(C)C)C1. The van der Waals surface area contributed by atoms with Crippen LogP contribution in [-0.4, -0.2) is 142 Å². The maximum atomic E-state index is 14.8. The number of amides is 4. The number of ether oxygens (including phenoxy) is 2. The van der Waals surface area contributed by atoms with Gasteiger partial charge in [-0.2, -0.15) is 0 Å². The number of likely N-dealkylation sites (tertiary alicyclic amines) is 1. The van der Waals surface area contributed by atoms with Gasteiger partial charge in [-0.15, -0.1) is 0 Å². The largest absolute Gasteiger partial charge is 0.464 e. The van der Waals surface area contributed by atoms with E-state index in [-0.39, 0.29) is 45.2 Å². The number of benzene rings is 2. The lowest BCUT2D eigenvalue weighted by Crippen LogP contribution is -2.63. The predicted molar refractivity (Wildman–Crippen MR) is 271 cm³/mol. The third-order valence-corrected chi connectivity index (χ3v) is 15.0. The Bertz CT molecular complexity index is 2730. The van der Waals surface area contributed by atoms with Gasteiger partial charge in [0.2, 0.25) is 11.8 Å². The number of nitrogens with one attached hydrogen (secondary N) is 2. The fourth-order valence-corrected chi connectivity index (χ4v) is 11.1. The van der Waals surface area contributed by atoms with Crippen molar-refractivity contribution in [3.8, 4) is 22.4 Å². The number of hydrogen-bond donors (Lipinski definition) is 3. The van der Waals surface area contributed by atoms with Crippen molar-refractivity contribution in [3.05, 3.63) is 89.3 Å². The maximum absolute atomic E-state index is 14.8. The molecule has 16 heteroatoms. The Morgan fingerprint density at radius 1 is 1.08 bits per heavy atom. The summed E-state index contributed by atoms with van der Waals surface area (Å²) in [5, 5.41) is 17.0. The van der Waals surface area contributed by atoms with Crippen LogP contribution in [0.25, 0.3) is 33.3 Å². The molecule has 3 N–H and O–H groups in total. The zero-order chi connectivity index (χ0) is 51.1. The molecule has 0 spiro atoms. The second kappa shape index (κ2) is 20.7. The minimum absolute atomic E-state index is 0.0000836. The molecule has 6 heterocycles. The Balaban J connectivity index is 1.21. The number of likely N-dealkylation sites (N-methyl/N-ethyl adjacent to an activating group) is 2. The van der Waals surface area contributed by atoms with Crippen LogP contribution in [0.3, 0.4) is 0 Å². The van der Waals surface area contributed by atoms with Crippen molar-refractivity contribution in [1.82, 2.24) is 40.0 Å². The molecule has 71 heavy (non-hydrogen) atoms. The molecule has 8 rings (SSSR count). The number of aryl methyl sites for hydroxylation is 1. The van der Waals surface area contributed by atoms with Gasteiger partial charge in [0.15, 0.2) is 5.60 Å². The van der Waals surface area contributed by atoms with Crippen LogP contribution in [-0.2, 0) is 65.8 Å². The molecule has 5 atom stereocenters. The highest BCUT2D eigenvalue weighted by atomic mass is 16.5. The monoisotopic (exact) mass is 973 g/mol. The van der Waals surface area contributed by atoms with E-state index in [0.29, 0.717) is 25.8 Å². The fourth-order valence-electron chi connectivity index (χ4n) is 11.1. The molecule has 1 unspecified atom stereocenters. The summed E-state index contributed by atoms with van der Waals surface area (Å²) < 4.78 is 14.6. The summed E-state index contributed by atoms with van der Waals surface area (Å²) in [5.74, 6) is -3.03. The molecule has 380 valence electrons. The summed E-state index contributed by atoms with van der Waals surface area (Å²) in [6.45, 7) is 18.3. The van der Waals surface area contributed by atoms with Crippen molar-refractivity contribution in [2.24, 2.45) is 11.3 Å². The second-order valence-electron chi connectivity index (χ2n) is 21.3. The molecule has 0 saturated carbocycles. The van der Waals surface area contributed by atoms with Crippen LogP contribution in [0.2, 0.25) is 0 Å². The zero-order valence-corrected chi connectivity index (χ0v) is 43.0. The van der Waals surface area contributed by atoms with Crippen molar-refractivity contribution in [1.29, 1.82) is 0 Å². The number of carbonyl (C=O) groups excluding carboxylic acids is 5. The molecule has 6 bridgehead atoms. The quantitative estimate of drug-likeness (QED) is 0.138. The van der Waals surface area contributed by atoms with Crippen LogP contribution in [0, 0.1) is 11.3 Å². The van der Waals surface area contributed by atoms with Gasteiger partial charge in [-0.05, 0) is 105 Å². The van der Waals surface area contributed by atoms with Crippen molar-refractivity contribution >= 4 is 40.5 Å². The van der Waals surface area contributed by atoms with Gasteiger partial charge in [0.05, 0.1) is 36.3 Å². The number of pyridine rings is 1. The van der Waals surface area contributed by atoms with E-state index >= 15 is 0 Å². The van der Waals surface area contributed by atoms with E-state index in [4.69, 9.17) is 14.5 Å². The molecule has 2 aromatic heterocycles. The molecule has 0 radical (unpaired) electrons. The third-order valence-electron chi connectivity index (χ3n) is 15.0. The number of fused-ring (bicyclic) bond motifs is 7. The topological polar surface area (TPSA) is 179 Å². The lowest BCUT2D eigenvalue weighted by atomic mass is 9.83. The van der Waals surface area contributed by atoms with Gasteiger partial charge in [0.1, 0.15) is 18.1 Å². The molecule has 2 aromatic carbocycles. The number of aromatic nitrogens is 2. The number of rotatable bonds is 10. The average molecular weight is 973 g/mol. The summed E-state index contributed by atoms with van der Waals surface area (Å²) in [6, 6.07) is 13.8. The maximum Gasteiger partial charge on any atom is 0.324 e. The first-order valence-corrected chi connectivity index (χ1v) is 25.2. The van der Waals surface area contributed by atoms with Gasteiger partial charge in [0.25, 0.3) is 11.8 Å². The summed E-state index contributed by atoms with van der Waals surface area (Å²) in [4.78, 5) is 80.1. The highest BCUT2D eigenvalue weighted by Gasteiger charge is 2.48. The van der Waals surface area contributed by atoms with Crippen molar-refractivity contribution in [2.45, 2.75) is 123 Å². The lowest BCUT2D eigenvalue weighted by molar-refractivity contribution is -0.156. The first kappa shape index (κ1) is 51.4. The Hall–Kier alpha value is -5.94. The molecule has 2 saturated heterocycles. The number of methoxy groups -OCH3 is 1. The van der Waals surface area contributed by atoms with E-state index < -0.39 is 64.7 Å². The van der Waals surface area contributed by atoms with Gasteiger partial charge in [-0.1, -0.05) is 64.6 Å². The molecular formula is C55H72N8O8.